The number of hydrogen-bond donors (Lipinski definition) is 1. The van der Waals surface area contributed by atoms with Gasteiger partial charge in [-0.3, -0.25) is 0 Å². The molecular formula is C18H29N3. The van der Waals surface area contributed by atoms with E-state index in [1.54, 1.807) is 0 Å². The molecule has 1 aromatic rings. The van der Waals surface area contributed by atoms with Gasteiger partial charge in [0.1, 0.15) is 5.82 Å². The first kappa shape index (κ1) is 16.0. The zero-order valence-corrected chi connectivity index (χ0v) is 13.9. The van der Waals surface area contributed by atoms with Gasteiger partial charge in [0.05, 0.1) is 0 Å². The third-order valence-corrected chi connectivity index (χ3v) is 3.75. The highest BCUT2D eigenvalue weighted by Crippen LogP contribution is 2.21. The fraction of sp³-hybridized carbons (Fsp3) is 0.611. The molecule has 0 spiro atoms. The maximum atomic E-state index is 4.86. The van der Waals surface area contributed by atoms with Crippen molar-refractivity contribution in [2.45, 2.75) is 46.6 Å². The molecule has 0 aromatic carbocycles. The van der Waals surface area contributed by atoms with E-state index in [4.69, 9.17) is 4.98 Å². The molecule has 0 unspecified atom stereocenters. The van der Waals surface area contributed by atoms with E-state index in [0.717, 1.165) is 38.4 Å². The van der Waals surface area contributed by atoms with E-state index in [9.17, 15) is 0 Å². The van der Waals surface area contributed by atoms with Crippen molar-refractivity contribution in [2.75, 3.05) is 24.5 Å². The molecule has 0 fully saturated rings. The second kappa shape index (κ2) is 7.60. The normalized spacial score (nSPS) is 15.2. The first-order valence-corrected chi connectivity index (χ1v) is 8.17. The largest absolute Gasteiger partial charge is 0.353 e. The van der Waals surface area contributed by atoms with E-state index in [-0.39, 0.29) is 0 Å². The van der Waals surface area contributed by atoms with Crippen molar-refractivity contribution in [3.05, 3.63) is 35.5 Å². The number of rotatable bonds is 6. The molecule has 0 saturated heterocycles. The lowest BCUT2D eigenvalue weighted by Gasteiger charge is -2.26. The SMILES string of the molecule is CC(C)CNCc1cc(C(C)C)nc(N2CC=CCC2)c1. The first-order chi connectivity index (χ1) is 10.1. The van der Waals surface area contributed by atoms with Crippen LogP contribution < -0.4 is 10.2 Å². The van der Waals surface area contributed by atoms with Crippen LogP contribution in [-0.4, -0.2) is 24.6 Å². The Kier molecular flexibility index (Phi) is 5.80. The van der Waals surface area contributed by atoms with Crippen LogP contribution in [0.25, 0.3) is 0 Å². The molecule has 1 aliphatic heterocycles. The summed E-state index contributed by atoms with van der Waals surface area (Å²) in [5.41, 5.74) is 2.54. The maximum absolute atomic E-state index is 4.86. The highest BCUT2D eigenvalue weighted by atomic mass is 15.2. The van der Waals surface area contributed by atoms with Crippen LogP contribution in [0.1, 0.15) is 51.3 Å². The zero-order chi connectivity index (χ0) is 15.2. The molecule has 0 amide bonds. The summed E-state index contributed by atoms with van der Waals surface area (Å²) in [6, 6.07) is 4.50. The molecule has 0 saturated carbocycles. The quantitative estimate of drug-likeness (QED) is 0.808. The Labute approximate surface area is 129 Å². The Morgan fingerprint density at radius 1 is 1.19 bits per heavy atom. The van der Waals surface area contributed by atoms with E-state index in [0.29, 0.717) is 11.8 Å². The molecule has 3 heteroatoms. The minimum absolute atomic E-state index is 0.467. The summed E-state index contributed by atoms with van der Waals surface area (Å²) in [6.07, 6.45) is 5.62. The van der Waals surface area contributed by atoms with Crippen LogP contribution in [0.15, 0.2) is 24.3 Å². The number of pyridine rings is 1. The molecule has 0 atom stereocenters. The Morgan fingerprint density at radius 2 is 2.00 bits per heavy atom. The van der Waals surface area contributed by atoms with Crippen LogP contribution >= 0.6 is 0 Å². The smallest absolute Gasteiger partial charge is 0.129 e. The molecule has 0 radical (unpaired) electrons. The van der Waals surface area contributed by atoms with Crippen molar-refractivity contribution < 1.29 is 0 Å². The Bertz CT molecular complexity index is 477. The molecule has 21 heavy (non-hydrogen) atoms. The van der Waals surface area contributed by atoms with Crippen molar-refractivity contribution in [2.24, 2.45) is 5.92 Å². The monoisotopic (exact) mass is 287 g/mol. The topological polar surface area (TPSA) is 28.2 Å². The molecule has 0 bridgehead atoms. The van der Waals surface area contributed by atoms with Gasteiger partial charge in [-0.15, -0.1) is 0 Å². The number of hydrogen-bond acceptors (Lipinski definition) is 3. The fourth-order valence-electron chi connectivity index (χ4n) is 2.51. The lowest BCUT2D eigenvalue weighted by Crippen LogP contribution is -2.28. The predicted molar refractivity (Wildman–Crippen MR) is 90.8 cm³/mol. The van der Waals surface area contributed by atoms with E-state index in [2.05, 4.69) is 62.2 Å². The summed E-state index contributed by atoms with van der Waals surface area (Å²) in [6.45, 7) is 13.0. The summed E-state index contributed by atoms with van der Waals surface area (Å²) in [4.78, 5) is 7.24. The third-order valence-electron chi connectivity index (χ3n) is 3.75. The third kappa shape index (κ3) is 4.85. The van der Waals surface area contributed by atoms with Gasteiger partial charge in [0.25, 0.3) is 0 Å². The maximum Gasteiger partial charge on any atom is 0.129 e. The predicted octanol–water partition coefficient (Wildman–Crippen LogP) is 3.72. The standard InChI is InChI=1S/C18H29N3/c1-14(2)12-19-13-16-10-17(15(3)4)20-18(11-16)21-8-6-5-7-9-21/h5-6,10-11,14-15,19H,7-9,12-13H2,1-4H3. The van der Waals surface area contributed by atoms with Gasteiger partial charge in [-0.2, -0.15) is 0 Å². The number of anilines is 1. The van der Waals surface area contributed by atoms with E-state index >= 15 is 0 Å². The van der Waals surface area contributed by atoms with E-state index < -0.39 is 0 Å². The highest BCUT2D eigenvalue weighted by Gasteiger charge is 2.12. The van der Waals surface area contributed by atoms with Crippen molar-refractivity contribution in [3.8, 4) is 0 Å². The molecule has 1 aliphatic rings. The minimum atomic E-state index is 0.467. The number of nitrogens with one attached hydrogen (secondary N) is 1. The van der Waals surface area contributed by atoms with Crippen LogP contribution in [0.2, 0.25) is 0 Å². The van der Waals surface area contributed by atoms with E-state index in [1.807, 2.05) is 0 Å². The van der Waals surface area contributed by atoms with Gasteiger partial charge in [-0.25, -0.2) is 4.98 Å². The van der Waals surface area contributed by atoms with Crippen LogP contribution in [0.5, 0.6) is 0 Å². The molecule has 1 N–H and O–H groups in total. The Morgan fingerprint density at radius 3 is 2.62 bits per heavy atom. The summed E-state index contributed by atoms with van der Waals surface area (Å²) >= 11 is 0. The molecule has 0 aliphatic carbocycles. The number of aromatic nitrogens is 1. The van der Waals surface area contributed by atoms with Crippen molar-refractivity contribution in [1.82, 2.24) is 10.3 Å². The molecule has 116 valence electrons. The number of nitrogens with zero attached hydrogens (tertiary/aromatic N) is 2. The van der Waals surface area contributed by atoms with Crippen molar-refractivity contribution in [3.63, 3.8) is 0 Å². The molecule has 1 aromatic heterocycles. The molecule has 2 heterocycles. The summed E-state index contributed by atoms with van der Waals surface area (Å²) in [5.74, 6) is 2.28. The van der Waals surface area contributed by atoms with Crippen molar-refractivity contribution >= 4 is 5.82 Å². The summed E-state index contributed by atoms with van der Waals surface area (Å²) < 4.78 is 0. The van der Waals surface area contributed by atoms with Gasteiger partial charge in [-0.05, 0) is 42.5 Å². The van der Waals surface area contributed by atoms with Gasteiger partial charge in [0.2, 0.25) is 0 Å². The van der Waals surface area contributed by atoms with Crippen LogP contribution in [0.3, 0.4) is 0 Å². The van der Waals surface area contributed by atoms with Crippen molar-refractivity contribution in [1.29, 1.82) is 0 Å². The summed E-state index contributed by atoms with van der Waals surface area (Å²) in [5, 5.41) is 3.54. The van der Waals surface area contributed by atoms with Gasteiger partial charge in [-0.1, -0.05) is 39.8 Å². The second-order valence-corrected chi connectivity index (χ2v) is 6.64. The van der Waals surface area contributed by atoms with Crippen LogP contribution in [-0.2, 0) is 6.54 Å². The first-order valence-electron chi connectivity index (χ1n) is 8.17. The minimum Gasteiger partial charge on any atom is -0.353 e. The van der Waals surface area contributed by atoms with Gasteiger partial charge >= 0.3 is 0 Å². The fourth-order valence-corrected chi connectivity index (χ4v) is 2.51. The lowest BCUT2D eigenvalue weighted by atomic mass is 10.1. The second-order valence-electron chi connectivity index (χ2n) is 6.64. The van der Waals surface area contributed by atoms with E-state index in [1.165, 1.54) is 11.3 Å². The molecule has 3 nitrogen and oxygen atoms in total. The Hall–Kier alpha value is -1.35. The van der Waals surface area contributed by atoms with Crippen LogP contribution in [0, 0.1) is 5.92 Å². The summed E-state index contributed by atoms with van der Waals surface area (Å²) in [7, 11) is 0. The molecule has 2 rings (SSSR count). The molecular weight excluding hydrogens is 258 g/mol. The highest BCUT2D eigenvalue weighted by molar-refractivity contribution is 5.44. The van der Waals surface area contributed by atoms with Gasteiger partial charge in [0, 0.05) is 25.3 Å². The Balaban J connectivity index is 2.15. The lowest BCUT2D eigenvalue weighted by molar-refractivity contribution is 0.551. The van der Waals surface area contributed by atoms with Crippen LogP contribution in [0.4, 0.5) is 5.82 Å². The average Bonchev–Trinajstić information content (AvgIpc) is 2.47. The van der Waals surface area contributed by atoms with Gasteiger partial charge < -0.3 is 10.2 Å². The van der Waals surface area contributed by atoms with Gasteiger partial charge in [0.15, 0.2) is 0 Å². The zero-order valence-electron chi connectivity index (χ0n) is 13.9. The average molecular weight is 287 g/mol.